The van der Waals surface area contributed by atoms with Crippen molar-refractivity contribution in [2.75, 3.05) is 0 Å². The summed E-state index contributed by atoms with van der Waals surface area (Å²) in [6.45, 7) is 4.76. The van der Waals surface area contributed by atoms with Crippen molar-refractivity contribution in [2.24, 2.45) is 0 Å². The first kappa shape index (κ1) is 34.7. The van der Waals surface area contributed by atoms with Crippen LogP contribution in [0.5, 0.6) is 0 Å². The molecule has 0 saturated heterocycles. The van der Waals surface area contributed by atoms with Crippen molar-refractivity contribution in [2.45, 2.75) is 19.3 Å². The Morgan fingerprint density at radius 2 is 0.966 bits per heavy atom. The molecule has 59 heavy (non-hydrogen) atoms. The van der Waals surface area contributed by atoms with E-state index in [-0.39, 0.29) is 5.41 Å². The van der Waals surface area contributed by atoms with Gasteiger partial charge in [0.05, 0.1) is 11.4 Å². The molecule has 3 nitrogen and oxygen atoms in total. The highest BCUT2D eigenvalue weighted by atomic mass is 14.9. The number of pyridine rings is 1. The van der Waals surface area contributed by atoms with Crippen LogP contribution in [0.4, 0.5) is 0 Å². The number of fused-ring (bicyclic) bond motifs is 5. The fourth-order valence-corrected chi connectivity index (χ4v) is 9.28. The molecule has 0 radical (unpaired) electrons. The third kappa shape index (κ3) is 5.94. The standard InChI is InChI=1S/C56H39N3/c1-56(2)51-33-39-17-7-6-16-38(39)32-50(51)49-26-12-25-45(54(49)56)41-20-11-19-40(31-41)44-27-28-48(47-24-9-8-23-46(44)47)53-34-52(58-55(59-53)36-14-4-3-5-15-36)42-21-10-18-37(30-42)43-22-13-29-57-35-43/h3-35H,1-2H3. The molecule has 0 unspecified atom stereocenters. The molecule has 2 heterocycles. The van der Waals surface area contributed by atoms with Crippen LogP contribution in [0.2, 0.25) is 0 Å². The summed E-state index contributed by atoms with van der Waals surface area (Å²) in [6, 6.07) is 67.6. The SMILES string of the molecule is CC1(C)c2cc3ccccc3cc2-c2cccc(-c3cccc(-c4ccc(-c5cc(-c6cccc(-c7cccnc7)c6)nc(-c6ccccc6)n5)c5ccccc45)c3)c21. The Morgan fingerprint density at radius 3 is 1.76 bits per heavy atom. The predicted octanol–water partition coefficient (Wildman–Crippen LogP) is 14.5. The normalized spacial score (nSPS) is 12.7. The summed E-state index contributed by atoms with van der Waals surface area (Å²) in [6.07, 6.45) is 3.70. The lowest BCUT2D eigenvalue weighted by molar-refractivity contribution is 0.663. The number of hydrogen-bond acceptors (Lipinski definition) is 3. The summed E-state index contributed by atoms with van der Waals surface area (Å²) in [4.78, 5) is 14.8. The molecule has 0 fully saturated rings. The van der Waals surface area contributed by atoms with Gasteiger partial charge in [-0.3, -0.25) is 4.98 Å². The molecule has 2 aromatic heterocycles. The molecule has 278 valence electrons. The van der Waals surface area contributed by atoms with Crippen molar-refractivity contribution in [3.8, 4) is 78.4 Å². The average molecular weight is 754 g/mol. The van der Waals surface area contributed by atoms with Crippen LogP contribution in [-0.4, -0.2) is 15.0 Å². The van der Waals surface area contributed by atoms with E-state index in [4.69, 9.17) is 9.97 Å². The third-order valence-corrected chi connectivity index (χ3v) is 12.1. The zero-order valence-corrected chi connectivity index (χ0v) is 32.9. The van der Waals surface area contributed by atoms with E-state index in [1.54, 1.807) is 6.20 Å². The Balaban J connectivity index is 1.03. The molecule has 1 aliphatic rings. The zero-order chi connectivity index (χ0) is 39.5. The molecule has 8 aromatic carbocycles. The molecular weight excluding hydrogens is 715 g/mol. The minimum absolute atomic E-state index is 0.148. The van der Waals surface area contributed by atoms with Crippen LogP contribution < -0.4 is 0 Å². The molecule has 0 N–H and O–H groups in total. The van der Waals surface area contributed by atoms with E-state index >= 15 is 0 Å². The summed E-state index contributed by atoms with van der Waals surface area (Å²) in [5, 5.41) is 4.89. The molecule has 0 bridgehead atoms. The molecule has 11 rings (SSSR count). The first-order valence-corrected chi connectivity index (χ1v) is 20.2. The molecule has 10 aromatic rings. The van der Waals surface area contributed by atoms with Crippen molar-refractivity contribution < 1.29 is 0 Å². The van der Waals surface area contributed by atoms with Crippen LogP contribution in [0.25, 0.3) is 100.0 Å². The molecule has 3 heteroatoms. The van der Waals surface area contributed by atoms with Gasteiger partial charge in [-0.1, -0.05) is 166 Å². The molecular formula is C56H39N3. The maximum Gasteiger partial charge on any atom is 0.160 e. The minimum Gasteiger partial charge on any atom is -0.264 e. The fourth-order valence-electron chi connectivity index (χ4n) is 9.28. The minimum atomic E-state index is -0.148. The topological polar surface area (TPSA) is 38.7 Å². The van der Waals surface area contributed by atoms with Crippen molar-refractivity contribution in [3.05, 3.63) is 212 Å². The van der Waals surface area contributed by atoms with Gasteiger partial charge in [0.25, 0.3) is 0 Å². The Labute approximate surface area is 344 Å². The maximum absolute atomic E-state index is 5.25. The van der Waals surface area contributed by atoms with E-state index in [0.717, 1.165) is 44.6 Å². The zero-order valence-electron chi connectivity index (χ0n) is 32.9. The van der Waals surface area contributed by atoms with Crippen LogP contribution in [-0.2, 0) is 5.41 Å². The van der Waals surface area contributed by atoms with E-state index in [2.05, 4.69) is 183 Å². The number of rotatable bonds is 6. The first-order valence-electron chi connectivity index (χ1n) is 20.2. The van der Waals surface area contributed by atoms with Crippen molar-refractivity contribution >= 4 is 21.5 Å². The highest BCUT2D eigenvalue weighted by molar-refractivity contribution is 6.05. The third-order valence-electron chi connectivity index (χ3n) is 12.1. The molecule has 0 saturated carbocycles. The second-order valence-electron chi connectivity index (χ2n) is 16.0. The van der Waals surface area contributed by atoms with Gasteiger partial charge in [0, 0.05) is 40.1 Å². The van der Waals surface area contributed by atoms with Gasteiger partial charge in [0.1, 0.15) is 0 Å². The molecule has 0 spiro atoms. The van der Waals surface area contributed by atoms with Gasteiger partial charge in [-0.05, 0) is 108 Å². The lowest BCUT2D eigenvalue weighted by atomic mass is 9.78. The van der Waals surface area contributed by atoms with Crippen molar-refractivity contribution in [3.63, 3.8) is 0 Å². The van der Waals surface area contributed by atoms with E-state index < -0.39 is 0 Å². The second kappa shape index (κ2) is 13.9. The highest BCUT2D eigenvalue weighted by Gasteiger charge is 2.37. The van der Waals surface area contributed by atoms with Crippen LogP contribution >= 0.6 is 0 Å². The smallest absolute Gasteiger partial charge is 0.160 e. The second-order valence-corrected chi connectivity index (χ2v) is 16.0. The van der Waals surface area contributed by atoms with Gasteiger partial charge in [0.2, 0.25) is 0 Å². The highest BCUT2D eigenvalue weighted by Crippen LogP contribution is 2.53. The Kier molecular flexibility index (Phi) is 8.16. The fraction of sp³-hybridized carbons (Fsp3) is 0.0536. The van der Waals surface area contributed by atoms with Crippen LogP contribution in [0.15, 0.2) is 200 Å². The van der Waals surface area contributed by atoms with Gasteiger partial charge in [-0.2, -0.15) is 0 Å². The van der Waals surface area contributed by atoms with E-state index in [0.29, 0.717) is 5.82 Å². The van der Waals surface area contributed by atoms with Gasteiger partial charge >= 0.3 is 0 Å². The number of hydrogen-bond donors (Lipinski definition) is 0. The molecule has 0 aliphatic heterocycles. The van der Waals surface area contributed by atoms with Crippen LogP contribution in [0.1, 0.15) is 25.0 Å². The number of benzene rings is 8. The van der Waals surface area contributed by atoms with Gasteiger partial charge < -0.3 is 0 Å². The van der Waals surface area contributed by atoms with E-state index in [1.165, 1.54) is 60.7 Å². The van der Waals surface area contributed by atoms with Crippen LogP contribution in [0, 0.1) is 0 Å². The average Bonchev–Trinajstić information content (AvgIpc) is 3.53. The quantitative estimate of drug-likeness (QED) is 0.170. The Morgan fingerprint density at radius 1 is 0.373 bits per heavy atom. The summed E-state index contributed by atoms with van der Waals surface area (Å²) in [5.41, 5.74) is 17.2. The first-order chi connectivity index (χ1) is 29.0. The van der Waals surface area contributed by atoms with E-state index in [9.17, 15) is 0 Å². The van der Waals surface area contributed by atoms with Crippen molar-refractivity contribution in [1.29, 1.82) is 0 Å². The summed E-state index contributed by atoms with van der Waals surface area (Å²) >= 11 is 0. The summed E-state index contributed by atoms with van der Waals surface area (Å²) in [5.74, 6) is 0.694. The molecule has 1 aliphatic carbocycles. The van der Waals surface area contributed by atoms with Gasteiger partial charge in [-0.25, -0.2) is 9.97 Å². The summed E-state index contributed by atoms with van der Waals surface area (Å²) in [7, 11) is 0. The predicted molar refractivity (Wildman–Crippen MR) is 245 cm³/mol. The Bertz CT molecular complexity index is 3240. The Hall–Kier alpha value is -7.49. The van der Waals surface area contributed by atoms with E-state index in [1.807, 2.05) is 30.5 Å². The molecule has 0 amide bonds. The van der Waals surface area contributed by atoms with Crippen molar-refractivity contribution in [1.82, 2.24) is 15.0 Å². The van der Waals surface area contributed by atoms with Gasteiger partial charge in [0.15, 0.2) is 5.82 Å². The largest absolute Gasteiger partial charge is 0.264 e. The number of aromatic nitrogens is 3. The van der Waals surface area contributed by atoms with Gasteiger partial charge in [-0.15, -0.1) is 0 Å². The van der Waals surface area contributed by atoms with Crippen LogP contribution in [0.3, 0.4) is 0 Å². The number of nitrogens with zero attached hydrogens (tertiary/aromatic N) is 3. The maximum atomic E-state index is 5.25. The summed E-state index contributed by atoms with van der Waals surface area (Å²) < 4.78 is 0. The lowest BCUT2D eigenvalue weighted by Crippen LogP contribution is -2.16. The lowest BCUT2D eigenvalue weighted by Gasteiger charge is -2.25. The monoisotopic (exact) mass is 753 g/mol. The molecule has 0 atom stereocenters.